The van der Waals surface area contributed by atoms with Gasteiger partial charge in [0.05, 0.1) is 5.39 Å². The Morgan fingerprint density at radius 2 is 1.84 bits per heavy atom. The number of aromatic nitrogens is 2. The van der Waals surface area contributed by atoms with Gasteiger partial charge in [-0.15, -0.1) is 0 Å². The van der Waals surface area contributed by atoms with E-state index in [1.54, 1.807) is 24.5 Å². The molecule has 32 heavy (non-hydrogen) atoms. The fourth-order valence-electron chi connectivity index (χ4n) is 3.21. The van der Waals surface area contributed by atoms with Gasteiger partial charge in [-0.1, -0.05) is 30.3 Å². The fraction of sp³-hybridized carbons (Fsp3) is 0.125. The molecule has 0 aliphatic heterocycles. The molecule has 162 valence electrons. The molecule has 2 heterocycles. The largest absolute Gasteiger partial charge is 0.453 e. The highest BCUT2D eigenvalue weighted by atomic mass is 19.1. The van der Waals surface area contributed by atoms with E-state index >= 15 is 0 Å². The molecular weight excluding hydrogens is 411 g/mol. The summed E-state index contributed by atoms with van der Waals surface area (Å²) in [6, 6.07) is 17.2. The maximum absolute atomic E-state index is 14.5. The van der Waals surface area contributed by atoms with Crippen molar-refractivity contribution in [2.75, 3.05) is 11.9 Å². The van der Waals surface area contributed by atoms with Gasteiger partial charge in [0.1, 0.15) is 17.8 Å². The number of ether oxygens (including phenoxy) is 1. The highest BCUT2D eigenvalue weighted by molar-refractivity contribution is 6.03. The standard InChI is InChI=1S/C24H21FN4O3/c25-19-14-17(6-7-21(19)32-20-10-13-28-24-18(20)9-12-27-24)29-23(31)15-22(30)26-11-8-16-4-2-1-3-5-16/h1-7,9-10,12-14H,8,11,15H2,(H,26,30)(H,27,28)(H,29,31). The lowest BCUT2D eigenvalue weighted by Gasteiger charge is -2.10. The summed E-state index contributed by atoms with van der Waals surface area (Å²) in [5, 5.41) is 5.96. The van der Waals surface area contributed by atoms with Crippen LogP contribution in [0.5, 0.6) is 11.5 Å². The highest BCUT2D eigenvalue weighted by Crippen LogP contribution is 2.31. The number of nitrogens with zero attached hydrogens (tertiary/aromatic N) is 1. The molecule has 0 saturated carbocycles. The number of hydrogen-bond donors (Lipinski definition) is 3. The third kappa shape index (κ3) is 5.28. The molecule has 0 aliphatic carbocycles. The maximum Gasteiger partial charge on any atom is 0.233 e. The summed E-state index contributed by atoms with van der Waals surface area (Å²) in [5.74, 6) is -1.10. The van der Waals surface area contributed by atoms with Crippen LogP contribution in [0.25, 0.3) is 11.0 Å². The molecule has 0 bridgehead atoms. The van der Waals surface area contributed by atoms with E-state index in [4.69, 9.17) is 4.74 Å². The molecule has 0 atom stereocenters. The SMILES string of the molecule is O=C(CC(=O)Nc1ccc(Oc2ccnc3[nH]ccc23)c(F)c1)NCCc1ccccc1. The Bertz CT molecular complexity index is 1240. The lowest BCUT2D eigenvalue weighted by molar-refractivity contribution is -0.126. The predicted octanol–water partition coefficient (Wildman–Crippen LogP) is 4.18. The first-order chi connectivity index (χ1) is 15.6. The van der Waals surface area contributed by atoms with Crippen molar-refractivity contribution in [3.05, 3.63) is 84.4 Å². The van der Waals surface area contributed by atoms with E-state index in [1.807, 2.05) is 30.3 Å². The smallest absolute Gasteiger partial charge is 0.233 e. The average molecular weight is 432 g/mol. The van der Waals surface area contributed by atoms with Crippen LogP contribution in [0.15, 0.2) is 73.1 Å². The number of nitrogens with one attached hydrogen (secondary N) is 3. The van der Waals surface area contributed by atoms with Crippen molar-refractivity contribution >= 4 is 28.5 Å². The van der Waals surface area contributed by atoms with Crippen molar-refractivity contribution in [1.29, 1.82) is 0 Å². The van der Waals surface area contributed by atoms with Gasteiger partial charge in [0.25, 0.3) is 0 Å². The fourth-order valence-corrected chi connectivity index (χ4v) is 3.21. The number of anilines is 1. The van der Waals surface area contributed by atoms with Crippen LogP contribution in [0.2, 0.25) is 0 Å². The van der Waals surface area contributed by atoms with Crippen LogP contribution in [0.4, 0.5) is 10.1 Å². The number of hydrogen-bond acceptors (Lipinski definition) is 4. The number of aromatic amines is 1. The first-order valence-electron chi connectivity index (χ1n) is 10.1. The third-order valence-electron chi connectivity index (χ3n) is 4.76. The summed E-state index contributed by atoms with van der Waals surface area (Å²) >= 11 is 0. The van der Waals surface area contributed by atoms with E-state index < -0.39 is 17.6 Å². The molecule has 0 spiro atoms. The van der Waals surface area contributed by atoms with Crippen LogP contribution >= 0.6 is 0 Å². The van der Waals surface area contributed by atoms with E-state index in [0.29, 0.717) is 24.4 Å². The maximum atomic E-state index is 14.5. The Hall–Kier alpha value is -4.20. The van der Waals surface area contributed by atoms with Gasteiger partial charge < -0.3 is 20.4 Å². The molecule has 2 amide bonds. The third-order valence-corrected chi connectivity index (χ3v) is 4.76. The molecule has 0 saturated heterocycles. The van der Waals surface area contributed by atoms with E-state index in [1.165, 1.54) is 12.1 Å². The van der Waals surface area contributed by atoms with Crippen molar-refractivity contribution in [3.8, 4) is 11.5 Å². The van der Waals surface area contributed by atoms with Crippen molar-refractivity contribution < 1.29 is 18.7 Å². The van der Waals surface area contributed by atoms with Crippen molar-refractivity contribution in [3.63, 3.8) is 0 Å². The van der Waals surface area contributed by atoms with Gasteiger partial charge in [-0.05, 0) is 36.2 Å². The Kier molecular flexibility index (Phi) is 6.41. The van der Waals surface area contributed by atoms with Gasteiger partial charge in [-0.25, -0.2) is 9.37 Å². The highest BCUT2D eigenvalue weighted by Gasteiger charge is 2.13. The number of carbonyl (C=O) groups excluding carboxylic acids is 2. The zero-order valence-electron chi connectivity index (χ0n) is 17.1. The quantitative estimate of drug-likeness (QED) is 0.364. The second-order valence-corrected chi connectivity index (χ2v) is 7.11. The molecule has 3 N–H and O–H groups in total. The van der Waals surface area contributed by atoms with E-state index in [0.717, 1.165) is 17.0 Å². The van der Waals surface area contributed by atoms with Gasteiger partial charge in [0.15, 0.2) is 11.6 Å². The molecule has 0 aliphatic rings. The zero-order valence-corrected chi connectivity index (χ0v) is 17.1. The van der Waals surface area contributed by atoms with Crippen molar-refractivity contribution in [2.24, 2.45) is 0 Å². The lowest BCUT2D eigenvalue weighted by atomic mass is 10.1. The van der Waals surface area contributed by atoms with Crippen LogP contribution in [-0.4, -0.2) is 28.3 Å². The summed E-state index contributed by atoms with van der Waals surface area (Å²) in [7, 11) is 0. The van der Waals surface area contributed by atoms with E-state index in [2.05, 4.69) is 20.6 Å². The summed E-state index contributed by atoms with van der Waals surface area (Å²) in [4.78, 5) is 31.2. The lowest BCUT2D eigenvalue weighted by Crippen LogP contribution is -2.29. The molecule has 2 aromatic carbocycles. The monoisotopic (exact) mass is 432 g/mol. The average Bonchev–Trinajstić information content (AvgIpc) is 3.26. The first-order valence-corrected chi connectivity index (χ1v) is 10.1. The van der Waals surface area contributed by atoms with Gasteiger partial charge >= 0.3 is 0 Å². The molecule has 0 radical (unpaired) electrons. The molecule has 4 rings (SSSR count). The van der Waals surface area contributed by atoms with Crippen LogP contribution < -0.4 is 15.4 Å². The Labute approximate surface area is 183 Å². The van der Waals surface area contributed by atoms with Crippen LogP contribution in [0.3, 0.4) is 0 Å². The van der Waals surface area contributed by atoms with Gasteiger partial charge in [-0.2, -0.15) is 0 Å². The summed E-state index contributed by atoms with van der Waals surface area (Å²) in [5.41, 5.74) is 1.96. The number of H-pyrrole nitrogens is 1. The molecule has 0 unspecified atom stereocenters. The Morgan fingerprint density at radius 3 is 2.66 bits per heavy atom. The zero-order chi connectivity index (χ0) is 22.3. The van der Waals surface area contributed by atoms with Crippen molar-refractivity contribution in [1.82, 2.24) is 15.3 Å². The number of amides is 2. The number of fused-ring (bicyclic) bond motifs is 1. The predicted molar refractivity (Wildman–Crippen MR) is 119 cm³/mol. The number of carbonyl (C=O) groups is 2. The molecule has 2 aromatic heterocycles. The van der Waals surface area contributed by atoms with Gasteiger partial charge in [-0.3, -0.25) is 9.59 Å². The van der Waals surface area contributed by atoms with Crippen LogP contribution in [0.1, 0.15) is 12.0 Å². The summed E-state index contributed by atoms with van der Waals surface area (Å²) < 4.78 is 20.2. The summed E-state index contributed by atoms with van der Waals surface area (Å²) in [6.45, 7) is 0.431. The summed E-state index contributed by atoms with van der Waals surface area (Å²) in [6.07, 6.45) is 3.60. The molecule has 7 nitrogen and oxygen atoms in total. The minimum Gasteiger partial charge on any atom is -0.453 e. The topological polar surface area (TPSA) is 96.1 Å². The number of benzene rings is 2. The Balaban J connectivity index is 1.29. The molecular formula is C24H21FN4O3. The van der Waals surface area contributed by atoms with E-state index in [-0.39, 0.29) is 17.9 Å². The number of halogens is 1. The second-order valence-electron chi connectivity index (χ2n) is 7.11. The molecule has 0 fully saturated rings. The second kappa shape index (κ2) is 9.74. The Morgan fingerprint density at radius 1 is 1.00 bits per heavy atom. The van der Waals surface area contributed by atoms with Crippen LogP contribution in [0, 0.1) is 5.82 Å². The normalized spacial score (nSPS) is 10.7. The van der Waals surface area contributed by atoms with Gasteiger partial charge in [0, 0.05) is 30.7 Å². The van der Waals surface area contributed by atoms with Crippen molar-refractivity contribution in [2.45, 2.75) is 12.8 Å². The van der Waals surface area contributed by atoms with Gasteiger partial charge in [0.2, 0.25) is 11.8 Å². The van der Waals surface area contributed by atoms with Crippen LogP contribution in [-0.2, 0) is 16.0 Å². The molecule has 8 heteroatoms. The minimum atomic E-state index is -0.643. The van der Waals surface area contributed by atoms with E-state index in [9.17, 15) is 14.0 Å². The number of rotatable bonds is 8. The minimum absolute atomic E-state index is 0.00959. The first kappa shape index (κ1) is 21.0. The number of pyridine rings is 1. The molecule has 4 aromatic rings.